The van der Waals surface area contributed by atoms with Gasteiger partial charge < -0.3 is 9.64 Å². The highest BCUT2D eigenvalue weighted by molar-refractivity contribution is 7.89. The number of rotatable bonds is 6. The normalized spacial score (nSPS) is 19.4. The number of ether oxygens (including phenoxy) is 1. The second-order valence-corrected chi connectivity index (χ2v) is 9.57. The summed E-state index contributed by atoms with van der Waals surface area (Å²) < 4.78 is 33.4. The van der Waals surface area contributed by atoms with Crippen molar-refractivity contribution in [2.45, 2.75) is 44.4 Å². The van der Waals surface area contributed by atoms with Gasteiger partial charge in [-0.2, -0.15) is 4.31 Å². The molecule has 0 saturated carbocycles. The molecule has 0 bridgehead atoms. The van der Waals surface area contributed by atoms with E-state index < -0.39 is 28.0 Å². The second-order valence-electron chi connectivity index (χ2n) is 7.68. The fourth-order valence-corrected chi connectivity index (χ4v) is 5.51. The standard InChI is InChI=1S/C22H27N3O6S/c1-15-6-4-5-7-18(15)14-31-19-8-10-20(11-9-19)32(29,30)25-13-12-24(17(3)26)16(2)21(25)22(27)23-28/h4-11,16,21,28H,12-14H2,1-3H3,(H,23,27)/t16-,21+/m0/s1. The van der Waals surface area contributed by atoms with Crippen molar-refractivity contribution in [1.29, 1.82) is 0 Å². The van der Waals surface area contributed by atoms with Crippen LogP contribution < -0.4 is 10.2 Å². The molecule has 32 heavy (non-hydrogen) atoms. The van der Waals surface area contributed by atoms with Gasteiger partial charge in [-0.3, -0.25) is 14.8 Å². The van der Waals surface area contributed by atoms with Crippen LogP contribution in [0.2, 0.25) is 0 Å². The van der Waals surface area contributed by atoms with Crippen LogP contribution in [0.3, 0.4) is 0 Å². The molecule has 1 aliphatic rings. The first kappa shape index (κ1) is 23.7. The molecule has 2 atom stereocenters. The lowest BCUT2D eigenvalue weighted by Crippen LogP contribution is -2.65. The van der Waals surface area contributed by atoms with Crippen LogP contribution >= 0.6 is 0 Å². The number of piperazine rings is 1. The largest absolute Gasteiger partial charge is 0.489 e. The van der Waals surface area contributed by atoms with Gasteiger partial charge in [0, 0.05) is 20.0 Å². The van der Waals surface area contributed by atoms with E-state index in [0.717, 1.165) is 15.4 Å². The molecular formula is C22H27N3O6S. The van der Waals surface area contributed by atoms with Crippen LogP contribution in [0, 0.1) is 6.92 Å². The van der Waals surface area contributed by atoms with Gasteiger partial charge in [-0.15, -0.1) is 0 Å². The first-order valence-corrected chi connectivity index (χ1v) is 11.6. The summed E-state index contributed by atoms with van der Waals surface area (Å²) in [4.78, 5) is 25.6. The van der Waals surface area contributed by atoms with E-state index in [0.29, 0.717) is 12.4 Å². The van der Waals surface area contributed by atoms with Gasteiger partial charge in [-0.1, -0.05) is 24.3 Å². The van der Waals surface area contributed by atoms with Crippen molar-refractivity contribution in [3.63, 3.8) is 0 Å². The number of nitrogens with one attached hydrogen (secondary N) is 1. The van der Waals surface area contributed by atoms with E-state index in [9.17, 15) is 18.0 Å². The van der Waals surface area contributed by atoms with Crippen LogP contribution in [0.5, 0.6) is 5.75 Å². The Morgan fingerprint density at radius 1 is 1.12 bits per heavy atom. The minimum absolute atomic E-state index is 0.0139. The number of carbonyl (C=O) groups excluding carboxylic acids is 2. The van der Waals surface area contributed by atoms with Crippen LogP contribution in [0.25, 0.3) is 0 Å². The van der Waals surface area contributed by atoms with Gasteiger partial charge in [-0.05, 0) is 49.2 Å². The van der Waals surface area contributed by atoms with Crippen molar-refractivity contribution in [3.05, 3.63) is 59.7 Å². The summed E-state index contributed by atoms with van der Waals surface area (Å²) in [6, 6.07) is 11.7. The summed E-state index contributed by atoms with van der Waals surface area (Å²) in [5.74, 6) is -0.669. The SMILES string of the molecule is CC(=O)N1CCN(S(=O)(=O)c2ccc(OCc3ccccc3C)cc2)[C@@H](C(=O)NO)[C@@H]1C. The quantitative estimate of drug-likeness (QED) is 0.500. The molecule has 2 amide bonds. The molecule has 2 N–H and O–H groups in total. The molecule has 2 aromatic rings. The molecule has 10 heteroatoms. The van der Waals surface area contributed by atoms with E-state index in [-0.39, 0.29) is 23.9 Å². The van der Waals surface area contributed by atoms with Crippen LogP contribution in [-0.4, -0.2) is 59.8 Å². The average Bonchev–Trinajstić information content (AvgIpc) is 2.77. The third-order valence-corrected chi connectivity index (χ3v) is 7.58. The summed E-state index contributed by atoms with van der Waals surface area (Å²) in [5.41, 5.74) is 3.64. The van der Waals surface area contributed by atoms with Gasteiger partial charge in [0.15, 0.2) is 0 Å². The zero-order valence-corrected chi connectivity index (χ0v) is 19.0. The van der Waals surface area contributed by atoms with Gasteiger partial charge in [-0.25, -0.2) is 13.9 Å². The minimum atomic E-state index is -4.07. The third-order valence-electron chi connectivity index (χ3n) is 5.69. The van der Waals surface area contributed by atoms with E-state index in [1.54, 1.807) is 19.1 Å². The molecule has 0 unspecified atom stereocenters. The Hall–Kier alpha value is -2.95. The van der Waals surface area contributed by atoms with Crippen molar-refractivity contribution < 1.29 is 28.0 Å². The molecule has 2 aromatic carbocycles. The van der Waals surface area contributed by atoms with Gasteiger partial charge in [0.1, 0.15) is 18.4 Å². The predicted octanol–water partition coefficient (Wildman–Crippen LogP) is 1.69. The number of aryl methyl sites for hydroxylation is 1. The number of amides is 2. The molecule has 1 fully saturated rings. The molecule has 0 radical (unpaired) electrons. The van der Waals surface area contributed by atoms with E-state index >= 15 is 0 Å². The lowest BCUT2D eigenvalue weighted by molar-refractivity contribution is -0.142. The van der Waals surface area contributed by atoms with Crippen LogP contribution in [0.4, 0.5) is 0 Å². The summed E-state index contributed by atoms with van der Waals surface area (Å²) >= 11 is 0. The summed E-state index contributed by atoms with van der Waals surface area (Å²) in [6.07, 6.45) is 0. The number of hydrogen-bond donors (Lipinski definition) is 2. The molecule has 1 aliphatic heterocycles. The van der Waals surface area contributed by atoms with Crippen molar-refractivity contribution in [2.24, 2.45) is 0 Å². The smallest absolute Gasteiger partial charge is 0.263 e. The number of carbonyl (C=O) groups is 2. The minimum Gasteiger partial charge on any atom is -0.489 e. The fourth-order valence-electron chi connectivity index (χ4n) is 3.87. The van der Waals surface area contributed by atoms with Crippen molar-refractivity contribution in [2.75, 3.05) is 13.1 Å². The lowest BCUT2D eigenvalue weighted by atomic mass is 10.0. The Labute approximate surface area is 187 Å². The maximum absolute atomic E-state index is 13.3. The zero-order valence-electron chi connectivity index (χ0n) is 18.2. The molecule has 0 spiro atoms. The van der Waals surface area contributed by atoms with Crippen LogP contribution in [0.15, 0.2) is 53.4 Å². The highest BCUT2D eigenvalue weighted by atomic mass is 32.2. The van der Waals surface area contributed by atoms with Crippen LogP contribution in [0.1, 0.15) is 25.0 Å². The maximum Gasteiger partial charge on any atom is 0.263 e. The maximum atomic E-state index is 13.3. The van der Waals surface area contributed by atoms with Gasteiger partial charge in [0.25, 0.3) is 5.91 Å². The van der Waals surface area contributed by atoms with Gasteiger partial charge in [0.2, 0.25) is 15.9 Å². The zero-order chi connectivity index (χ0) is 23.5. The highest BCUT2D eigenvalue weighted by Gasteiger charge is 2.45. The van der Waals surface area contributed by atoms with Crippen molar-refractivity contribution >= 4 is 21.8 Å². The van der Waals surface area contributed by atoms with Crippen molar-refractivity contribution in [1.82, 2.24) is 14.7 Å². The molecule has 9 nitrogen and oxygen atoms in total. The Morgan fingerprint density at radius 2 is 1.78 bits per heavy atom. The van der Waals surface area contributed by atoms with Gasteiger partial charge >= 0.3 is 0 Å². The van der Waals surface area contributed by atoms with E-state index in [1.807, 2.05) is 31.2 Å². The third kappa shape index (κ3) is 4.77. The molecule has 1 heterocycles. The monoisotopic (exact) mass is 461 g/mol. The molecule has 3 rings (SSSR count). The molecule has 0 aliphatic carbocycles. The average molecular weight is 462 g/mol. The number of hydroxylamine groups is 1. The number of hydrogen-bond acceptors (Lipinski definition) is 6. The summed E-state index contributed by atoms with van der Waals surface area (Å²) in [6.45, 7) is 5.33. The Kier molecular flexibility index (Phi) is 7.17. The second kappa shape index (κ2) is 9.68. The Balaban J connectivity index is 1.80. The van der Waals surface area contributed by atoms with Crippen molar-refractivity contribution in [3.8, 4) is 5.75 Å². The summed E-state index contributed by atoms with van der Waals surface area (Å²) in [7, 11) is -4.07. The summed E-state index contributed by atoms with van der Waals surface area (Å²) in [5, 5.41) is 9.15. The lowest BCUT2D eigenvalue weighted by Gasteiger charge is -2.43. The first-order chi connectivity index (χ1) is 15.2. The number of nitrogens with zero attached hydrogens (tertiary/aromatic N) is 2. The highest BCUT2D eigenvalue weighted by Crippen LogP contribution is 2.27. The number of benzene rings is 2. The Morgan fingerprint density at radius 3 is 2.38 bits per heavy atom. The van der Waals surface area contributed by atoms with E-state index in [4.69, 9.17) is 9.94 Å². The first-order valence-electron chi connectivity index (χ1n) is 10.2. The van der Waals surface area contributed by atoms with E-state index in [2.05, 4.69) is 0 Å². The van der Waals surface area contributed by atoms with E-state index in [1.165, 1.54) is 29.4 Å². The Bertz CT molecular complexity index is 1090. The topological polar surface area (TPSA) is 116 Å². The number of sulfonamides is 1. The molecule has 1 saturated heterocycles. The van der Waals surface area contributed by atoms with Crippen LogP contribution in [-0.2, 0) is 26.2 Å². The fraction of sp³-hybridized carbons (Fsp3) is 0.364. The predicted molar refractivity (Wildman–Crippen MR) is 116 cm³/mol. The molecule has 0 aromatic heterocycles. The molecular weight excluding hydrogens is 434 g/mol. The molecule has 172 valence electrons. The van der Waals surface area contributed by atoms with Gasteiger partial charge in [0.05, 0.1) is 10.9 Å².